The molecule has 0 atom stereocenters. The highest BCUT2D eigenvalue weighted by Gasteiger charge is 3.00. The van der Waals surface area contributed by atoms with E-state index in [0.29, 0.717) is 0 Å². The van der Waals surface area contributed by atoms with E-state index in [1.165, 1.54) is 0 Å². The minimum absolute atomic E-state index is 0. The standard InChI is InChI=1S/C5H9NO3.Cl.H3O4P/c6-3-4(7)1-2-5(8)9;;1-5(2,3)4/h1-3,6H2,(H,8,9);;(H3,1,2,3,4)/q;+3;/p-3. The molecule has 0 amide bonds. The molecule has 88 valence electrons. The number of rotatable bonds is 4. The molecule has 0 saturated carbocycles. The Hall–Kier alpha value is -0.500. The minimum atomic E-state index is -5.39. The number of hydrogen-bond donors (Lipinski definition) is 2. The van der Waals surface area contributed by atoms with Gasteiger partial charge in [0.25, 0.3) is 0 Å². The van der Waals surface area contributed by atoms with Gasteiger partial charge in [0.15, 0.2) is 0 Å². The van der Waals surface area contributed by atoms with Crippen LogP contribution in [0.3, 0.4) is 0 Å². The van der Waals surface area contributed by atoms with Crippen molar-refractivity contribution in [3.05, 3.63) is 0 Å². The molecule has 10 heteroatoms. The van der Waals surface area contributed by atoms with Crippen LogP contribution in [0.25, 0.3) is 0 Å². The van der Waals surface area contributed by atoms with E-state index in [2.05, 4.69) is 0 Å². The predicted octanol–water partition coefficient (Wildman–Crippen LogP) is -3.45. The first-order valence-electron chi connectivity index (χ1n) is 3.33. The largest absolute Gasteiger partial charge is 3.00 e. The van der Waals surface area contributed by atoms with Crippen molar-refractivity contribution in [2.24, 2.45) is 5.73 Å². The quantitative estimate of drug-likeness (QED) is 0.493. The lowest BCUT2D eigenvalue weighted by molar-refractivity contribution is -0.432. The number of carbonyl (C=O) groups excluding carboxylic acids is 1. The van der Waals surface area contributed by atoms with E-state index in [1.807, 2.05) is 0 Å². The minimum Gasteiger partial charge on any atom is -0.822 e. The first kappa shape index (κ1) is 20.0. The number of halogens is 1. The van der Waals surface area contributed by atoms with Crippen LogP contribution in [0.2, 0.25) is 0 Å². The summed E-state index contributed by atoms with van der Waals surface area (Å²) in [4.78, 5) is 45.8. The van der Waals surface area contributed by atoms with Crippen molar-refractivity contribution in [2.75, 3.05) is 6.54 Å². The van der Waals surface area contributed by atoms with E-state index >= 15 is 0 Å². The number of ketones is 1. The number of Topliss-reactive ketones (excluding diaryl/α,β-unsaturated/α-hetero) is 1. The van der Waals surface area contributed by atoms with Crippen LogP contribution in [0.4, 0.5) is 0 Å². The molecule has 0 aromatic heterocycles. The summed E-state index contributed by atoms with van der Waals surface area (Å²) < 4.78 is 8.55. The maximum atomic E-state index is 10.3. The van der Waals surface area contributed by atoms with E-state index in [4.69, 9.17) is 30.1 Å². The molecular weight excluding hydrogens is 252 g/mol. The van der Waals surface area contributed by atoms with Crippen molar-refractivity contribution in [1.29, 1.82) is 0 Å². The van der Waals surface area contributed by atoms with E-state index in [1.54, 1.807) is 0 Å². The zero-order valence-electron chi connectivity index (χ0n) is 7.42. The molecule has 0 aromatic rings. The predicted molar refractivity (Wildman–Crippen MR) is 38.5 cm³/mol. The highest BCUT2D eigenvalue weighted by molar-refractivity contribution is 7.40. The van der Waals surface area contributed by atoms with Crippen molar-refractivity contribution in [3.63, 3.8) is 0 Å². The van der Waals surface area contributed by atoms with Crippen molar-refractivity contribution in [1.82, 2.24) is 0 Å². The Balaban J connectivity index is -0.000000208. The molecule has 4 radical (unpaired) electrons. The highest BCUT2D eigenvalue weighted by atomic mass is 35.5. The van der Waals surface area contributed by atoms with Gasteiger partial charge in [-0.3, -0.25) is 9.59 Å². The number of phosphoric acid groups is 1. The van der Waals surface area contributed by atoms with Crippen LogP contribution in [-0.2, 0) is 14.2 Å². The van der Waals surface area contributed by atoms with Gasteiger partial charge in [-0.15, -0.1) is 0 Å². The van der Waals surface area contributed by atoms with Crippen LogP contribution in [0.15, 0.2) is 0 Å². The van der Waals surface area contributed by atoms with Gasteiger partial charge in [-0.2, -0.15) is 7.82 Å². The monoisotopic (exact) mass is 261 g/mol. The molecule has 0 aromatic carbocycles. The lowest BCUT2D eigenvalue weighted by Crippen LogP contribution is -2.24. The highest BCUT2D eigenvalue weighted by Crippen LogP contribution is 2.03. The Morgan fingerprint density at radius 2 is 1.53 bits per heavy atom. The summed E-state index contributed by atoms with van der Waals surface area (Å²) in [5, 5.41) is 8.06. The van der Waals surface area contributed by atoms with Gasteiger partial charge in [0.05, 0.1) is 13.0 Å². The number of nitrogens with two attached hydrogens (primary N) is 1. The number of carboxylic acid groups (broad SMARTS) is 1. The summed E-state index contributed by atoms with van der Waals surface area (Å²) in [5.41, 5.74) is 4.92. The molecule has 0 bridgehead atoms. The molecule has 0 aliphatic heterocycles. The van der Waals surface area contributed by atoms with Crippen LogP contribution >= 0.6 is 7.82 Å². The summed E-state index contributed by atoms with van der Waals surface area (Å²) in [6.45, 7) is -0.0622. The van der Waals surface area contributed by atoms with Crippen molar-refractivity contribution < 1.29 is 46.3 Å². The Kier molecular flexibility index (Phi) is 13.4. The summed E-state index contributed by atoms with van der Waals surface area (Å²) >= 11 is 0. The third-order valence-electron chi connectivity index (χ3n) is 0.845. The molecule has 0 spiro atoms. The number of hydrogen-bond acceptors (Lipinski definition) is 7. The van der Waals surface area contributed by atoms with Crippen LogP contribution < -0.4 is 20.4 Å². The van der Waals surface area contributed by atoms with Gasteiger partial charge in [0.1, 0.15) is 5.78 Å². The summed E-state index contributed by atoms with van der Waals surface area (Å²) in [7, 11) is -5.39. The topological polar surface area (TPSA) is 167 Å². The second-order valence-corrected chi connectivity index (χ2v) is 2.98. The van der Waals surface area contributed by atoms with Gasteiger partial charge in [-0.05, 0) is 0 Å². The molecule has 3 N–H and O–H groups in total. The fourth-order valence-corrected chi connectivity index (χ4v) is 0.348. The first-order valence-corrected chi connectivity index (χ1v) is 4.79. The van der Waals surface area contributed by atoms with Crippen LogP contribution in [0, 0.1) is 12.4 Å². The van der Waals surface area contributed by atoms with E-state index < -0.39 is 13.8 Å². The molecule has 0 rings (SSSR count). The lowest BCUT2D eigenvalue weighted by Gasteiger charge is -2.36. The van der Waals surface area contributed by atoms with Gasteiger partial charge < -0.3 is 30.1 Å². The smallest absolute Gasteiger partial charge is 0.822 e. The van der Waals surface area contributed by atoms with E-state index in [0.717, 1.165) is 0 Å². The molecule has 15 heavy (non-hydrogen) atoms. The average Bonchev–Trinajstić information content (AvgIpc) is 1.96. The second-order valence-electron chi connectivity index (χ2n) is 2.08. The third-order valence-corrected chi connectivity index (χ3v) is 0.845. The molecule has 0 unspecified atom stereocenters. The Morgan fingerprint density at radius 1 is 1.20 bits per heavy atom. The third kappa shape index (κ3) is 42.3. The summed E-state index contributed by atoms with van der Waals surface area (Å²) in [5.74, 6) is -1.17. The maximum Gasteiger partial charge on any atom is 3.00 e. The first-order chi connectivity index (χ1) is 6.16. The van der Waals surface area contributed by atoms with Crippen LogP contribution in [-0.4, -0.2) is 23.4 Å². The van der Waals surface area contributed by atoms with Crippen LogP contribution in [0.1, 0.15) is 12.8 Å². The lowest BCUT2D eigenvalue weighted by atomic mass is 10.2. The van der Waals surface area contributed by atoms with E-state index in [-0.39, 0.29) is 37.6 Å². The molecule has 8 nitrogen and oxygen atoms in total. The van der Waals surface area contributed by atoms with Crippen molar-refractivity contribution in [3.8, 4) is 0 Å². The summed E-state index contributed by atoms with van der Waals surface area (Å²) in [6, 6.07) is 0. The van der Waals surface area contributed by atoms with Gasteiger partial charge in [-0.25, -0.2) is 0 Å². The molecule has 0 fully saturated rings. The zero-order chi connectivity index (χ0) is 11.8. The fourth-order valence-electron chi connectivity index (χ4n) is 0.348. The molecule has 0 saturated heterocycles. The fraction of sp³-hybridized carbons (Fsp3) is 0.600. The normalized spacial score (nSPS) is 9.33. The van der Waals surface area contributed by atoms with Gasteiger partial charge >= 0.3 is 18.4 Å². The molecular formula is C5H9ClNO7P. The summed E-state index contributed by atoms with van der Waals surface area (Å²) in [6.07, 6.45) is -0.0676. The second kappa shape index (κ2) is 10.0. The Bertz CT molecular complexity index is 231. The van der Waals surface area contributed by atoms with Crippen molar-refractivity contribution in [2.45, 2.75) is 12.8 Å². The van der Waals surface area contributed by atoms with Crippen molar-refractivity contribution >= 4 is 19.6 Å². The number of carboxylic acids is 1. The van der Waals surface area contributed by atoms with Crippen LogP contribution in [0.5, 0.6) is 0 Å². The average molecular weight is 262 g/mol. The molecule has 0 heterocycles. The Morgan fingerprint density at radius 3 is 1.73 bits per heavy atom. The van der Waals surface area contributed by atoms with Gasteiger partial charge in [0, 0.05) is 6.42 Å². The Labute approximate surface area is 91.7 Å². The van der Waals surface area contributed by atoms with Gasteiger partial charge in [0.2, 0.25) is 0 Å². The molecule has 0 aliphatic rings. The van der Waals surface area contributed by atoms with Gasteiger partial charge in [-0.1, -0.05) is 0 Å². The zero-order valence-corrected chi connectivity index (χ0v) is 9.07. The maximum absolute atomic E-state index is 10.3. The SMILES string of the molecule is NCC(=O)CCC(=O)O.O=P([O-])([O-])[O-].[Cl+3]. The number of aliphatic carboxylic acids is 1. The van der Waals surface area contributed by atoms with E-state index in [9.17, 15) is 9.59 Å². The number of carbonyl (C=O) groups is 2. The molecule has 0 aliphatic carbocycles.